The summed E-state index contributed by atoms with van der Waals surface area (Å²) in [5.41, 5.74) is 0. The highest BCUT2D eigenvalue weighted by Gasteiger charge is 2.40. The monoisotopic (exact) mass is 323 g/mol. The summed E-state index contributed by atoms with van der Waals surface area (Å²) in [7, 11) is -3.20. The van der Waals surface area contributed by atoms with Crippen molar-refractivity contribution in [3.63, 3.8) is 0 Å². The Morgan fingerprint density at radius 1 is 1.24 bits per heavy atom. The highest BCUT2D eigenvalue weighted by Crippen LogP contribution is 2.26. The largest absolute Gasteiger partial charge is 0.338 e. The molecular weight excluding hydrogens is 306 g/mol. The number of rotatable bonds is 2. The van der Waals surface area contributed by atoms with Crippen LogP contribution in [0, 0.1) is 0 Å². The van der Waals surface area contributed by atoms with Crippen molar-refractivity contribution in [2.45, 2.75) is 43.4 Å². The zero-order valence-corrected chi connectivity index (χ0v) is 12.2. The molecule has 4 nitrogen and oxygen atoms in total. The molecule has 98 valence electrons. The number of amides is 1. The van der Waals surface area contributed by atoms with Gasteiger partial charge in [0.25, 0.3) is 0 Å². The van der Waals surface area contributed by atoms with Crippen LogP contribution in [0.5, 0.6) is 0 Å². The summed E-state index contributed by atoms with van der Waals surface area (Å²) in [5.74, 6) is 0.0163. The van der Waals surface area contributed by atoms with Crippen molar-refractivity contribution in [1.82, 2.24) is 4.90 Å². The van der Waals surface area contributed by atoms with Crippen LogP contribution in [0.2, 0.25) is 0 Å². The number of hydrogen-bond donors (Lipinski definition) is 0. The summed E-state index contributed by atoms with van der Waals surface area (Å²) in [6, 6.07) is 0.180. The lowest BCUT2D eigenvalue weighted by molar-refractivity contribution is -0.131. The number of nitrogens with zero attached hydrogens (tertiary/aromatic N) is 1. The van der Waals surface area contributed by atoms with Crippen molar-refractivity contribution >= 4 is 31.7 Å². The van der Waals surface area contributed by atoms with E-state index in [4.69, 9.17) is 0 Å². The fourth-order valence-electron chi connectivity index (χ4n) is 2.70. The van der Waals surface area contributed by atoms with Crippen LogP contribution in [0.1, 0.15) is 32.1 Å². The van der Waals surface area contributed by atoms with Gasteiger partial charge in [-0.15, -0.1) is 0 Å². The predicted octanol–water partition coefficient (Wildman–Crippen LogP) is 1.34. The van der Waals surface area contributed by atoms with Gasteiger partial charge in [0.05, 0.1) is 5.75 Å². The van der Waals surface area contributed by atoms with E-state index in [1.165, 1.54) is 0 Å². The Kier molecular flexibility index (Phi) is 4.13. The average Bonchev–Trinajstić information content (AvgIpc) is 2.75. The summed E-state index contributed by atoms with van der Waals surface area (Å²) in [6.45, 7) is 0.709. The zero-order valence-electron chi connectivity index (χ0n) is 9.77. The van der Waals surface area contributed by atoms with Crippen LogP contribution < -0.4 is 0 Å². The molecule has 0 bridgehead atoms. The van der Waals surface area contributed by atoms with Crippen LogP contribution in [0.15, 0.2) is 0 Å². The molecule has 2 aliphatic heterocycles. The molecule has 2 rings (SSSR count). The Hall–Kier alpha value is -0.100. The fraction of sp³-hybridized carbons (Fsp3) is 0.909. The molecule has 0 aliphatic carbocycles. The van der Waals surface area contributed by atoms with E-state index in [-0.39, 0.29) is 17.7 Å². The molecule has 17 heavy (non-hydrogen) atoms. The molecule has 0 radical (unpaired) electrons. The quantitative estimate of drug-likeness (QED) is 0.720. The lowest BCUT2D eigenvalue weighted by atomic mass is 10.1. The number of hydrogen-bond acceptors (Lipinski definition) is 3. The molecule has 0 N–H and O–H groups in total. The van der Waals surface area contributed by atoms with Crippen molar-refractivity contribution < 1.29 is 13.2 Å². The minimum absolute atomic E-state index is 0.161. The second kappa shape index (κ2) is 5.26. The van der Waals surface area contributed by atoms with Crippen molar-refractivity contribution in [3.8, 4) is 0 Å². The van der Waals surface area contributed by atoms with Gasteiger partial charge < -0.3 is 4.90 Å². The summed E-state index contributed by atoms with van der Waals surface area (Å²) >= 11 is 3.39. The van der Waals surface area contributed by atoms with E-state index < -0.39 is 15.1 Å². The summed E-state index contributed by atoms with van der Waals surface area (Å²) < 4.78 is 23.8. The van der Waals surface area contributed by atoms with Crippen LogP contribution in [-0.2, 0) is 14.6 Å². The van der Waals surface area contributed by atoms with E-state index in [1.807, 2.05) is 0 Å². The van der Waals surface area contributed by atoms with Gasteiger partial charge in [0.1, 0.15) is 5.25 Å². The predicted molar refractivity (Wildman–Crippen MR) is 70.0 cm³/mol. The van der Waals surface area contributed by atoms with Crippen molar-refractivity contribution in [3.05, 3.63) is 0 Å². The lowest BCUT2D eigenvalue weighted by Gasteiger charge is -2.29. The lowest BCUT2D eigenvalue weighted by Crippen LogP contribution is -2.47. The van der Waals surface area contributed by atoms with Gasteiger partial charge in [-0.25, -0.2) is 8.42 Å². The number of carbonyl (C=O) groups is 1. The SMILES string of the molecule is O=C(C1CCCCS1(=O)=O)N1CCCC1CBr. The van der Waals surface area contributed by atoms with Crippen LogP contribution in [0.25, 0.3) is 0 Å². The first-order valence-corrected chi connectivity index (χ1v) is 8.98. The standard InChI is InChI=1S/C11H18BrNO3S/c12-8-9-4-3-6-13(9)11(14)10-5-1-2-7-17(10,15)16/h9-10H,1-8H2. The molecule has 0 saturated carbocycles. The minimum Gasteiger partial charge on any atom is -0.338 e. The topological polar surface area (TPSA) is 54.5 Å². The van der Waals surface area contributed by atoms with Crippen LogP contribution in [-0.4, -0.2) is 48.1 Å². The van der Waals surface area contributed by atoms with Gasteiger partial charge in [-0.2, -0.15) is 0 Å². The van der Waals surface area contributed by atoms with Crippen molar-refractivity contribution in [2.75, 3.05) is 17.6 Å². The third-order valence-electron chi connectivity index (χ3n) is 3.69. The maximum absolute atomic E-state index is 12.3. The molecular formula is C11H18BrNO3S. The van der Waals surface area contributed by atoms with E-state index >= 15 is 0 Å². The molecule has 0 aromatic carbocycles. The third-order valence-corrected chi connectivity index (χ3v) is 6.60. The normalized spacial score (nSPS) is 32.6. The molecule has 0 aromatic heterocycles. The van der Waals surface area contributed by atoms with Crippen LogP contribution in [0.4, 0.5) is 0 Å². The van der Waals surface area contributed by atoms with Gasteiger partial charge in [0.15, 0.2) is 9.84 Å². The molecule has 0 spiro atoms. The Labute approximate surface area is 111 Å². The van der Waals surface area contributed by atoms with Gasteiger partial charge in [-0.1, -0.05) is 22.4 Å². The maximum Gasteiger partial charge on any atom is 0.241 e. The Morgan fingerprint density at radius 3 is 2.65 bits per heavy atom. The maximum atomic E-state index is 12.3. The number of carbonyl (C=O) groups excluding carboxylic acids is 1. The second-order valence-electron chi connectivity index (χ2n) is 4.83. The molecule has 2 heterocycles. The van der Waals surface area contributed by atoms with E-state index in [9.17, 15) is 13.2 Å². The highest BCUT2D eigenvalue weighted by molar-refractivity contribution is 9.09. The average molecular weight is 324 g/mol. The first kappa shape index (κ1) is 13.3. The van der Waals surface area contributed by atoms with Gasteiger partial charge in [0, 0.05) is 17.9 Å². The Balaban J connectivity index is 2.13. The zero-order chi connectivity index (χ0) is 12.5. The third kappa shape index (κ3) is 2.67. The van der Waals surface area contributed by atoms with Gasteiger partial charge >= 0.3 is 0 Å². The number of likely N-dealkylation sites (tertiary alicyclic amines) is 1. The van der Waals surface area contributed by atoms with Crippen molar-refractivity contribution in [1.29, 1.82) is 0 Å². The summed E-state index contributed by atoms with van der Waals surface area (Å²) in [5, 5.41) is -0.0261. The van der Waals surface area contributed by atoms with Gasteiger partial charge in [0.2, 0.25) is 5.91 Å². The summed E-state index contributed by atoms with van der Waals surface area (Å²) in [6.07, 6.45) is 4.02. The first-order valence-electron chi connectivity index (χ1n) is 6.14. The molecule has 2 aliphatic rings. The molecule has 2 fully saturated rings. The van der Waals surface area contributed by atoms with Gasteiger partial charge in [-0.3, -0.25) is 4.79 Å². The molecule has 2 atom stereocenters. The number of sulfone groups is 1. The summed E-state index contributed by atoms with van der Waals surface area (Å²) in [4.78, 5) is 14.1. The molecule has 2 saturated heterocycles. The fourth-order valence-corrected chi connectivity index (χ4v) is 5.24. The number of halogens is 1. The number of alkyl halides is 1. The molecule has 6 heteroatoms. The van der Waals surface area contributed by atoms with Gasteiger partial charge in [-0.05, 0) is 25.7 Å². The molecule has 0 aromatic rings. The van der Waals surface area contributed by atoms with E-state index in [0.29, 0.717) is 19.4 Å². The van der Waals surface area contributed by atoms with E-state index in [1.54, 1.807) is 4.90 Å². The first-order chi connectivity index (χ1) is 8.06. The Morgan fingerprint density at radius 2 is 2.00 bits per heavy atom. The van der Waals surface area contributed by atoms with Crippen LogP contribution in [0.3, 0.4) is 0 Å². The Bertz CT molecular complexity index is 396. The van der Waals surface area contributed by atoms with E-state index in [0.717, 1.165) is 24.6 Å². The second-order valence-corrected chi connectivity index (χ2v) is 7.78. The van der Waals surface area contributed by atoms with Crippen LogP contribution >= 0.6 is 15.9 Å². The van der Waals surface area contributed by atoms with Crippen molar-refractivity contribution in [2.24, 2.45) is 0 Å². The van der Waals surface area contributed by atoms with E-state index in [2.05, 4.69) is 15.9 Å². The molecule has 2 unspecified atom stereocenters. The smallest absolute Gasteiger partial charge is 0.241 e. The minimum atomic E-state index is -3.20. The highest BCUT2D eigenvalue weighted by atomic mass is 79.9. The molecule has 1 amide bonds.